The number of benzene rings is 1. The molecule has 0 unspecified atom stereocenters. The Kier molecular flexibility index (Phi) is 4.37. The summed E-state index contributed by atoms with van der Waals surface area (Å²) < 4.78 is 3.96. The van der Waals surface area contributed by atoms with Crippen molar-refractivity contribution >= 4 is 37.5 Å². The van der Waals surface area contributed by atoms with Crippen LogP contribution in [-0.2, 0) is 6.54 Å². The topological polar surface area (TPSA) is 42.2 Å². The molecule has 3 rings (SSSR count). The van der Waals surface area contributed by atoms with Crippen molar-refractivity contribution in [1.82, 2.24) is 19.7 Å². The third-order valence-corrected chi connectivity index (χ3v) is 4.53. The van der Waals surface area contributed by atoms with E-state index >= 15 is 0 Å². The quantitative estimate of drug-likeness (QED) is 0.705. The van der Waals surface area contributed by atoms with Gasteiger partial charge in [-0.15, -0.1) is 0 Å². The molecule has 0 saturated heterocycles. The molecular formula is C15H14Br2N4. The molecule has 0 aliphatic rings. The van der Waals surface area contributed by atoms with Crippen LogP contribution >= 0.6 is 31.9 Å². The van der Waals surface area contributed by atoms with E-state index in [-0.39, 0.29) is 6.04 Å². The molecule has 1 atom stereocenters. The van der Waals surface area contributed by atoms with Crippen LogP contribution in [0.25, 0.3) is 5.65 Å². The van der Waals surface area contributed by atoms with Crippen molar-refractivity contribution < 1.29 is 0 Å². The molecule has 2 heterocycles. The molecule has 1 N–H and O–H groups in total. The molecule has 3 aromatic rings. The first-order chi connectivity index (χ1) is 10.1. The van der Waals surface area contributed by atoms with Gasteiger partial charge in [-0.3, -0.25) is 4.40 Å². The van der Waals surface area contributed by atoms with Crippen molar-refractivity contribution in [3.05, 3.63) is 63.2 Å². The molecule has 0 amide bonds. The Hall–Kier alpha value is -1.24. The van der Waals surface area contributed by atoms with E-state index in [9.17, 15) is 0 Å². The second-order valence-corrected chi connectivity index (χ2v) is 6.48. The van der Waals surface area contributed by atoms with Crippen LogP contribution < -0.4 is 5.32 Å². The van der Waals surface area contributed by atoms with Crippen LogP contribution in [0.1, 0.15) is 24.2 Å². The van der Waals surface area contributed by atoms with E-state index in [0.29, 0.717) is 0 Å². The molecule has 0 aliphatic heterocycles. The van der Waals surface area contributed by atoms with Gasteiger partial charge in [0.1, 0.15) is 4.60 Å². The Bertz CT molecular complexity index is 769. The highest BCUT2D eigenvalue weighted by Gasteiger charge is 2.10. The number of aromatic nitrogens is 3. The van der Waals surface area contributed by atoms with Gasteiger partial charge in [-0.25, -0.2) is 9.97 Å². The standard InChI is InChI=1S/C15H14Br2N4/c1-10(12-4-2-3-5-13(12)16)18-6-11-7-20-15-8-19-14(17)9-21(11)15/h2-5,7-10,18H,6H2,1H3/t10-/m1/s1. The highest BCUT2D eigenvalue weighted by molar-refractivity contribution is 9.10. The van der Waals surface area contributed by atoms with E-state index < -0.39 is 0 Å². The second kappa shape index (κ2) is 6.25. The zero-order chi connectivity index (χ0) is 14.8. The Labute approximate surface area is 139 Å². The predicted octanol–water partition coefficient (Wildman–Crippen LogP) is 4.11. The molecule has 108 valence electrons. The summed E-state index contributed by atoms with van der Waals surface area (Å²) in [4.78, 5) is 8.54. The highest BCUT2D eigenvalue weighted by Crippen LogP contribution is 2.23. The fourth-order valence-electron chi connectivity index (χ4n) is 2.24. The van der Waals surface area contributed by atoms with Gasteiger partial charge in [0.2, 0.25) is 0 Å². The van der Waals surface area contributed by atoms with Gasteiger partial charge in [0.15, 0.2) is 5.65 Å². The molecule has 4 nitrogen and oxygen atoms in total. The van der Waals surface area contributed by atoms with Crippen LogP contribution in [0.4, 0.5) is 0 Å². The molecular weight excluding hydrogens is 396 g/mol. The van der Waals surface area contributed by atoms with Gasteiger partial charge in [-0.2, -0.15) is 0 Å². The van der Waals surface area contributed by atoms with Gasteiger partial charge in [-0.05, 0) is 34.5 Å². The van der Waals surface area contributed by atoms with Crippen LogP contribution in [0, 0.1) is 0 Å². The number of imidazole rings is 1. The predicted molar refractivity (Wildman–Crippen MR) is 90.1 cm³/mol. The van der Waals surface area contributed by atoms with E-state index in [0.717, 1.165) is 27.0 Å². The minimum atomic E-state index is 0.247. The smallest absolute Gasteiger partial charge is 0.155 e. The highest BCUT2D eigenvalue weighted by atomic mass is 79.9. The lowest BCUT2D eigenvalue weighted by Crippen LogP contribution is -2.19. The molecule has 0 radical (unpaired) electrons. The molecule has 6 heteroatoms. The lowest BCUT2D eigenvalue weighted by Gasteiger charge is -2.15. The van der Waals surface area contributed by atoms with E-state index in [4.69, 9.17) is 0 Å². The Morgan fingerprint density at radius 3 is 2.81 bits per heavy atom. The van der Waals surface area contributed by atoms with Crippen molar-refractivity contribution in [3.63, 3.8) is 0 Å². The summed E-state index contributed by atoms with van der Waals surface area (Å²) in [6.07, 6.45) is 5.57. The first-order valence-corrected chi connectivity index (χ1v) is 8.19. The van der Waals surface area contributed by atoms with Crippen molar-refractivity contribution in [2.24, 2.45) is 0 Å². The fraction of sp³-hybridized carbons (Fsp3) is 0.200. The zero-order valence-electron chi connectivity index (χ0n) is 11.4. The number of halogens is 2. The number of hydrogen-bond acceptors (Lipinski definition) is 3. The van der Waals surface area contributed by atoms with E-state index in [2.05, 4.69) is 72.3 Å². The Balaban J connectivity index is 1.77. The van der Waals surface area contributed by atoms with Gasteiger partial charge in [0, 0.05) is 23.3 Å². The average Bonchev–Trinajstić information content (AvgIpc) is 2.87. The summed E-state index contributed by atoms with van der Waals surface area (Å²) >= 11 is 6.98. The summed E-state index contributed by atoms with van der Waals surface area (Å²) in [5.41, 5.74) is 3.20. The molecule has 0 saturated carbocycles. The maximum absolute atomic E-state index is 4.36. The Morgan fingerprint density at radius 1 is 1.19 bits per heavy atom. The Morgan fingerprint density at radius 2 is 2.00 bits per heavy atom. The lowest BCUT2D eigenvalue weighted by molar-refractivity contribution is 0.564. The first-order valence-electron chi connectivity index (χ1n) is 6.60. The number of hydrogen-bond donors (Lipinski definition) is 1. The third kappa shape index (κ3) is 3.17. The summed E-state index contributed by atoms with van der Waals surface area (Å²) in [7, 11) is 0. The van der Waals surface area contributed by atoms with Gasteiger partial charge in [0.05, 0.1) is 18.1 Å². The summed E-state index contributed by atoms with van der Waals surface area (Å²) in [5.74, 6) is 0. The van der Waals surface area contributed by atoms with E-state index in [1.54, 1.807) is 6.20 Å². The van der Waals surface area contributed by atoms with E-state index in [1.807, 2.05) is 22.9 Å². The summed E-state index contributed by atoms with van der Waals surface area (Å²) in [6, 6.07) is 8.50. The number of nitrogens with zero attached hydrogens (tertiary/aromatic N) is 3. The maximum Gasteiger partial charge on any atom is 0.155 e. The molecule has 0 aliphatic carbocycles. The number of fused-ring (bicyclic) bond motifs is 1. The van der Waals surface area contributed by atoms with Crippen LogP contribution in [0.5, 0.6) is 0 Å². The summed E-state index contributed by atoms with van der Waals surface area (Å²) in [6.45, 7) is 2.89. The normalized spacial score (nSPS) is 12.7. The van der Waals surface area contributed by atoms with Crippen LogP contribution in [0.2, 0.25) is 0 Å². The molecule has 2 aromatic heterocycles. The zero-order valence-corrected chi connectivity index (χ0v) is 14.6. The molecule has 0 spiro atoms. The van der Waals surface area contributed by atoms with Crippen LogP contribution in [0.15, 0.2) is 51.9 Å². The second-order valence-electron chi connectivity index (χ2n) is 4.81. The first kappa shape index (κ1) is 14.7. The molecule has 1 aromatic carbocycles. The minimum absolute atomic E-state index is 0.247. The molecule has 0 fully saturated rings. The van der Waals surface area contributed by atoms with Gasteiger partial charge in [0.25, 0.3) is 0 Å². The molecule has 0 bridgehead atoms. The van der Waals surface area contributed by atoms with Gasteiger partial charge in [-0.1, -0.05) is 34.1 Å². The van der Waals surface area contributed by atoms with Crippen molar-refractivity contribution in [2.45, 2.75) is 19.5 Å². The maximum atomic E-state index is 4.36. The van der Waals surface area contributed by atoms with Gasteiger partial charge < -0.3 is 5.32 Å². The SMILES string of the molecule is C[C@@H](NCc1cnc2cnc(Br)cn12)c1ccccc1Br. The minimum Gasteiger partial charge on any atom is -0.305 e. The van der Waals surface area contributed by atoms with Crippen LogP contribution in [0.3, 0.4) is 0 Å². The van der Waals surface area contributed by atoms with Crippen molar-refractivity contribution in [1.29, 1.82) is 0 Å². The molecule has 21 heavy (non-hydrogen) atoms. The number of nitrogens with one attached hydrogen (secondary N) is 1. The van der Waals surface area contributed by atoms with Gasteiger partial charge >= 0.3 is 0 Å². The monoisotopic (exact) mass is 408 g/mol. The van der Waals surface area contributed by atoms with Crippen molar-refractivity contribution in [3.8, 4) is 0 Å². The fourth-order valence-corrected chi connectivity index (χ4v) is 3.18. The van der Waals surface area contributed by atoms with E-state index in [1.165, 1.54) is 5.56 Å². The lowest BCUT2D eigenvalue weighted by atomic mass is 10.1. The van der Waals surface area contributed by atoms with Crippen molar-refractivity contribution in [2.75, 3.05) is 0 Å². The largest absolute Gasteiger partial charge is 0.305 e. The number of rotatable bonds is 4. The summed E-state index contributed by atoms with van der Waals surface area (Å²) in [5, 5.41) is 3.53. The third-order valence-electron chi connectivity index (χ3n) is 3.40. The van der Waals surface area contributed by atoms with Crippen LogP contribution in [-0.4, -0.2) is 14.4 Å². The average molecular weight is 410 g/mol.